The van der Waals surface area contributed by atoms with E-state index in [0.29, 0.717) is 85.0 Å². The van der Waals surface area contributed by atoms with Crippen LogP contribution in [0, 0.1) is 0 Å². The molecular formula is C28H50N2O13. The molecule has 0 radical (unpaired) electrons. The quantitative estimate of drug-likeness (QED) is 0.0508. The minimum Gasteiger partial charge on any atom is -0.487 e. The molecule has 0 unspecified atom stereocenters. The summed E-state index contributed by atoms with van der Waals surface area (Å²) in [5.41, 5.74) is 2.35. The van der Waals surface area contributed by atoms with Crippen LogP contribution in [0.25, 0.3) is 0 Å². The summed E-state index contributed by atoms with van der Waals surface area (Å²) in [6.45, 7) is 6.93. The van der Waals surface area contributed by atoms with Crippen LogP contribution in [0.15, 0.2) is 12.1 Å². The second-order valence-electron chi connectivity index (χ2n) is 8.47. The van der Waals surface area contributed by atoms with Crippen LogP contribution in [0.3, 0.4) is 0 Å². The molecule has 1 amide bonds. The molecule has 0 aliphatic rings. The highest BCUT2D eigenvalue weighted by molar-refractivity contribution is 5.95. The predicted molar refractivity (Wildman–Crippen MR) is 155 cm³/mol. The molecule has 0 bridgehead atoms. The monoisotopic (exact) mass is 622 g/mol. The Balaban J connectivity index is 2.75. The smallest absolute Gasteiger partial charge is 0.265 e. The molecule has 0 saturated heterocycles. The molecule has 0 fully saturated rings. The molecule has 0 heterocycles. The number of hydrogen-bond acceptors (Lipinski definition) is 14. The van der Waals surface area contributed by atoms with Crippen LogP contribution in [0.4, 0.5) is 0 Å². The van der Waals surface area contributed by atoms with Crippen molar-refractivity contribution >= 4 is 5.91 Å². The maximum absolute atomic E-state index is 12.4. The summed E-state index contributed by atoms with van der Waals surface area (Å²) in [5.74, 6) is 5.73. The molecule has 1 aromatic rings. The van der Waals surface area contributed by atoms with Crippen molar-refractivity contribution in [1.82, 2.24) is 5.43 Å². The zero-order valence-electron chi connectivity index (χ0n) is 25.8. The van der Waals surface area contributed by atoms with Gasteiger partial charge < -0.3 is 56.8 Å². The Labute approximate surface area is 254 Å². The van der Waals surface area contributed by atoms with Gasteiger partial charge in [-0.25, -0.2) is 5.84 Å². The highest BCUT2D eigenvalue weighted by atomic mass is 16.6. The van der Waals surface area contributed by atoms with E-state index in [1.165, 1.54) is 12.1 Å². The molecule has 1 aromatic carbocycles. The Kier molecular flexibility index (Phi) is 25.6. The Morgan fingerprint density at radius 3 is 1.14 bits per heavy atom. The van der Waals surface area contributed by atoms with Gasteiger partial charge in [0.15, 0.2) is 11.5 Å². The number of ether oxygens (including phenoxy) is 12. The fourth-order valence-electron chi connectivity index (χ4n) is 3.16. The van der Waals surface area contributed by atoms with Crippen molar-refractivity contribution in [3.63, 3.8) is 0 Å². The first-order valence-corrected chi connectivity index (χ1v) is 14.2. The first-order chi connectivity index (χ1) is 21.2. The molecule has 0 saturated carbocycles. The molecule has 0 aliphatic heterocycles. The first kappa shape index (κ1) is 38.7. The first-order valence-electron chi connectivity index (χ1n) is 14.2. The third kappa shape index (κ3) is 20.3. The van der Waals surface area contributed by atoms with E-state index >= 15 is 0 Å². The fourth-order valence-corrected chi connectivity index (χ4v) is 3.16. The van der Waals surface area contributed by atoms with Crippen molar-refractivity contribution in [2.24, 2.45) is 5.84 Å². The van der Waals surface area contributed by atoms with Gasteiger partial charge in [0, 0.05) is 26.9 Å². The van der Waals surface area contributed by atoms with Crippen molar-refractivity contribution in [3.8, 4) is 17.2 Å². The second-order valence-corrected chi connectivity index (χ2v) is 8.47. The van der Waals surface area contributed by atoms with Gasteiger partial charge in [0.25, 0.3) is 5.91 Å². The zero-order chi connectivity index (χ0) is 31.2. The van der Waals surface area contributed by atoms with Gasteiger partial charge in [-0.1, -0.05) is 0 Å². The maximum Gasteiger partial charge on any atom is 0.265 e. The topological polar surface area (TPSA) is 166 Å². The molecule has 0 aromatic heterocycles. The fraction of sp³-hybridized carbons (Fsp3) is 0.750. The van der Waals surface area contributed by atoms with Crippen LogP contribution in [-0.2, 0) is 42.6 Å². The molecule has 0 aliphatic carbocycles. The number of amides is 1. The number of carbonyl (C=O) groups excluding carboxylic acids is 1. The Bertz CT molecular complexity index is 761. The van der Waals surface area contributed by atoms with Gasteiger partial charge >= 0.3 is 0 Å². The number of carbonyl (C=O) groups is 1. The molecule has 0 spiro atoms. The molecule has 1 rings (SSSR count). The van der Waals surface area contributed by atoms with Crippen LogP contribution in [0.1, 0.15) is 10.4 Å². The number of benzene rings is 1. The summed E-state index contributed by atoms with van der Waals surface area (Å²) < 4.78 is 65.6. The predicted octanol–water partition coefficient (Wildman–Crippen LogP) is 0.465. The molecule has 15 nitrogen and oxygen atoms in total. The van der Waals surface area contributed by atoms with Crippen molar-refractivity contribution in [1.29, 1.82) is 0 Å². The van der Waals surface area contributed by atoms with E-state index in [2.05, 4.69) is 5.43 Å². The van der Waals surface area contributed by atoms with Crippen LogP contribution >= 0.6 is 0 Å². The van der Waals surface area contributed by atoms with E-state index in [0.717, 1.165) is 0 Å². The molecule has 3 N–H and O–H groups in total. The number of nitrogens with two attached hydrogens (primary N) is 1. The highest BCUT2D eigenvalue weighted by Gasteiger charge is 2.19. The van der Waals surface area contributed by atoms with Crippen molar-refractivity contribution in [2.45, 2.75) is 0 Å². The largest absolute Gasteiger partial charge is 0.487 e. The molecule has 43 heavy (non-hydrogen) atoms. The lowest BCUT2D eigenvalue weighted by molar-refractivity contribution is 0.0146. The zero-order valence-corrected chi connectivity index (χ0v) is 25.8. The van der Waals surface area contributed by atoms with Crippen LogP contribution in [0.5, 0.6) is 17.2 Å². The van der Waals surface area contributed by atoms with Gasteiger partial charge in [0.1, 0.15) is 19.8 Å². The van der Waals surface area contributed by atoms with E-state index in [1.54, 1.807) is 21.3 Å². The van der Waals surface area contributed by atoms with Crippen LogP contribution in [-0.4, -0.2) is 146 Å². The van der Waals surface area contributed by atoms with Crippen molar-refractivity contribution < 1.29 is 61.6 Å². The average Bonchev–Trinajstić information content (AvgIpc) is 3.02. The minimum atomic E-state index is -0.521. The summed E-state index contributed by atoms with van der Waals surface area (Å²) >= 11 is 0. The van der Waals surface area contributed by atoms with Gasteiger partial charge in [-0.15, -0.1) is 0 Å². The lowest BCUT2D eigenvalue weighted by atomic mass is 10.1. The molecule has 15 heteroatoms. The van der Waals surface area contributed by atoms with Gasteiger partial charge in [-0.2, -0.15) is 0 Å². The highest BCUT2D eigenvalue weighted by Crippen LogP contribution is 2.39. The standard InChI is InChI=1S/C28H50N2O13/c1-32-4-7-35-10-13-38-16-19-41-25-22-24(28(31)30-29)23-26(42-20-17-39-14-11-36-8-5-33-2)27(25)43-21-18-40-15-12-37-9-6-34-3/h22-23H,4-21,29H2,1-3H3,(H,30,31). The second kappa shape index (κ2) is 28.5. The van der Waals surface area contributed by atoms with E-state index in [4.69, 9.17) is 62.7 Å². The lowest BCUT2D eigenvalue weighted by Crippen LogP contribution is -2.30. The van der Waals surface area contributed by atoms with E-state index in [-0.39, 0.29) is 56.7 Å². The van der Waals surface area contributed by atoms with E-state index in [9.17, 15) is 4.79 Å². The van der Waals surface area contributed by atoms with Crippen LogP contribution < -0.4 is 25.5 Å². The van der Waals surface area contributed by atoms with Gasteiger partial charge in [-0.3, -0.25) is 10.2 Å². The summed E-state index contributed by atoms with van der Waals surface area (Å²) in [4.78, 5) is 12.4. The molecule has 250 valence electrons. The molecular weight excluding hydrogens is 572 g/mol. The van der Waals surface area contributed by atoms with Gasteiger partial charge in [0.05, 0.1) is 99.1 Å². The summed E-state index contributed by atoms with van der Waals surface area (Å²) in [6.07, 6.45) is 0. The number of methoxy groups -OCH3 is 3. The van der Waals surface area contributed by atoms with E-state index < -0.39 is 5.91 Å². The molecule has 0 atom stereocenters. The minimum absolute atomic E-state index is 0.184. The average molecular weight is 623 g/mol. The van der Waals surface area contributed by atoms with E-state index in [1.807, 2.05) is 0 Å². The number of hydrogen-bond donors (Lipinski definition) is 2. The van der Waals surface area contributed by atoms with Crippen LogP contribution in [0.2, 0.25) is 0 Å². The number of nitrogens with one attached hydrogen (secondary N) is 1. The normalized spacial score (nSPS) is 11.1. The Morgan fingerprint density at radius 2 is 0.814 bits per heavy atom. The van der Waals surface area contributed by atoms with Gasteiger partial charge in [0.2, 0.25) is 5.75 Å². The number of hydrazine groups is 1. The van der Waals surface area contributed by atoms with Crippen molar-refractivity contribution in [3.05, 3.63) is 17.7 Å². The lowest BCUT2D eigenvalue weighted by Gasteiger charge is -2.19. The number of rotatable bonds is 31. The summed E-state index contributed by atoms with van der Waals surface area (Å²) in [5, 5.41) is 0. The Morgan fingerprint density at radius 1 is 0.512 bits per heavy atom. The maximum atomic E-state index is 12.4. The SMILES string of the molecule is COCCOCCOCCOc1cc(C(=O)NN)cc(OCCOCCOCCOC)c1OCCOCCOCCOC. The Hall–Kier alpha value is -2.31. The van der Waals surface area contributed by atoms with Gasteiger partial charge in [-0.05, 0) is 12.1 Å². The third-order valence-corrected chi connectivity index (χ3v) is 5.27. The number of nitrogen functional groups attached to an aromatic ring is 1. The summed E-state index contributed by atoms with van der Waals surface area (Å²) in [6, 6.07) is 3.05. The third-order valence-electron chi connectivity index (χ3n) is 5.27. The van der Waals surface area contributed by atoms with Crippen molar-refractivity contribution in [2.75, 3.05) is 140 Å². The summed E-state index contributed by atoms with van der Waals surface area (Å²) in [7, 11) is 4.84.